The van der Waals surface area contributed by atoms with E-state index in [1.54, 1.807) is 12.0 Å². The van der Waals surface area contributed by atoms with Crippen LogP contribution in [0.2, 0.25) is 0 Å². The molecule has 1 aromatic rings. The number of amides is 2. The molecule has 2 rings (SSSR count). The third kappa shape index (κ3) is 4.13. The van der Waals surface area contributed by atoms with Gasteiger partial charge in [0.05, 0.1) is 20.3 Å². The van der Waals surface area contributed by atoms with E-state index in [0.717, 1.165) is 24.2 Å². The molecule has 0 bridgehead atoms. The van der Waals surface area contributed by atoms with Gasteiger partial charge in [-0.1, -0.05) is 31.5 Å². The van der Waals surface area contributed by atoms with Crippen molar-refractivity contribution in [3.05, 3.63) is 29.8 Å². The minimum Gasteiger partial charge on any atom is -0.496 e. The maximum absolute atomic E-state index is 12.5. The third-order valence-electron chi connectivity index (χ3n) is 4.38. The Morgan fingerprint density at radius 3 is 2.82 bits per heavy atom. The first-order valence-corrected chi connectivity index (χ1v) is 7.94. The molecule has 2 amide bonds. The molecule has 122 valence electrons. The van der Waals surface area contributed by atoms with E-state index in [0.29, 0.717) is 19.0 Å². The zero-order valence-corrected chi connectivity index (χ0v) is 13.4. The van der Waals surface area contributed by atoms with E-state index in [1.807, 2.05) is 24.3 Å². The number of para-hydroxylation sites is 1. The van der Waals surface area contributed by atoms with E-state index in [4.69, 9.17) is 4.74 Å². The van der Waals surface area contributed by atoms with Gasteiger partial charge in [0.2, 0.25) is 0 Å². The van der Waals surface area contributed by atoms with Crippen LogP contribution in [0.3, 0.4) is 0 Å². The van der Waals surface area contributed by atoms with Crippen molar-refractivity contribution in [2.24, 2.45) is 5.92 Å². The van der Waals surface area contributed by atoms with Crippen LogP contribution in [0.15, 0.2) is 24.3 Å². The molecule has 5 heteroatoms. The van der Waals surface area contributed by atoms with Crippen molar-refractivity contribution in [2.45, 2.75) is 38.8 Å². The number of benzene rings is 1. The first-order chi connectivity index (χ1) is 10.7. The Balaban J connectivity index is 2.03. The van der Waals surface area contributed by atoms with Crippen LogP contribution in [0.5, 0.6) is 5.75 Å². The van der Waals surface area contributed by atoms with Crippen LogP contribution in [-0.2, 0) is 6.54 Å². The number of ether oxygens (including phenoxy) is 1. The van der Waals surface area contributed by atoms with Crippen LogP contribution < -0.4 is 10.1 Å². The molecule has 0 saturated heterocycles. The number of nitrogens with zero attached hydrogens (tertiary/aromatic N) is 1. The van der Waals surface area contributed by atoms with Crippen molar-refractivity contribution >= 4 is 6.03 Å². The summed E-state index contributed by atoms with van der Waals surface area (Å²) in [7, 11) is 1.62. The average molecular weight is 306 g/mol. The monoisotopic (exact) mass is 306 g/mol. The van der Waals surface area contributed by atoms with Crippen molar-refractivity contribution < 1.29 is 14.6 Å². The van der Waals surface area contributed by atoms with E-state index in [2.05, 4.69) is 12.2 Å². The molecular weight excluding hydrogens is 280 g/mol. The largest absolute Gasteiger partial charge is 0.496 e. The van der Waals surface area contributed by atoms with Gasteiger partial charge < -0.3 is 20.1 Å². The first-order valence-electron chi connectivity index (χ1n) is 7.94. The number of aliphatic hydroxyl groups is 1. The molecule has 1 fully saturated rings. The van der Waals surface area contributed by atoms with Crippen molar-refractivity contribution in [1.82, 2.24) is 10.2 Å². The molecule has 22 heavy (non-hydrogen) atoms. The van der Waals surface area contributed by atoms with Crippen LogP contribution in [0.25, 0.3) is 0 Å². The predicted octanol–water partition coefficient (Wildman–Crippen LogP) is 2.39. The first kappa shape index (κ1) is 16.6. The van der Waals surface area contributed by atoms with Gasteiger partial charge in [-0.15, -0.1) is 0 Å². The van der Waals surface area contributed by atoms with Crippen LogP contribution in [-0.4, -0.2) is 42.3 Å². The molecule has 2 N–H and O–H groups in total. The molecule has 0 aromatic heterocycles. The molecule has 0 heterocycles. The lowest BCUT2D eigenvalue weighted by Gasteiger charge is -2.26. The third-order valence-corrected chi connectivity index (χ3v) is 4.38. The Morgan fingerprint density at radius 1 is 1.41 bits per heavy atom. The summed E-state index contributed by atoms with van der Waals surface area (Å²) in [4.78, 5) is 14.1. The number of hydrogen-bond acceptors (Lipinski definition) is 3. The fraction of sp³-hybridized carbons (Fsp3) is 0.588. The Bertz CT molecular complexity index is 493. The lowest BCUT2D eigenvalue weighted by atomic mass is 10.1. The summed E-state index contributed by atoms with van der Waals surface area (Å²) < 4.78 is 5.33. The number of nitrogens with one attached hydrogen (secondary N) is 1. The topological polar surface area (TPSA) is 61.8 Å². The standard InChI is InChI=1S/C17H26N2O3/c1-13-6-5-8-15(13)18-17(21)19(10-11-20)12-14-7-3-4-9-16(14)22-2/h3-4,7,9,13,15,20H,5-6,8,10-12H2,1-2H3,(H,18,21). The number of hydrogen-bond donors (Lipinski definition) is 2. The highest BCUT2D eigenvalue weighted by Crippen LogP contribution is 2.25. The molecule has 0 spiro atoms. The van der Waals surface area contributed by atoms with Gasteiger partial charge in [0.1, 0.15) is 5.75 Å². The zero-order chi connectivity index (χ0) is 15.9. The molecule has 1 aliphatic carbocycles. The van der Waals surface area contributed by atoms with Gasteiger partial charge >= 0.3 is 6.03 Å². The smallest absolute Gasteiger partial charge is 0.318 e. The van der Waals surface area contributed by atoms with Gasteiger partial charge in [0, 0.05) is 18.2 Å². The van der Waals surface area contributed by atoms with Crippen LogP contribution in [0.1, 0.15) is 31.7 Å². The zero-order valence-electron chi connectivity index (χ0n) is 13.4. The SMILES string of the molecule is COc1ccccc1CN(CCO)C(=O)NC1CCCC1C. The minimum atomic E-state index is -0.112. The van der Waals surface area contributed by atoms with Crippen molar-refractivity contribution in [3.63, 3.8) is 0 Å². The van der Waals surface area contributed by atoms with Gasteiger partial charge in [0.15, 0.2) is 0 Å². The number of carbonyl (C=O) groups is 1. The maximum Gasteiger partial charge on any atom is 0.318 e. The summed E-state index contributed by atoms with van der Waals surface area (Å²) in [5, 5.41) is 12.4. The fourth-order valence-electron chi connectivity index (χ4n) is 3.02. The lowest BCUT2D eigenvalue weighted by Crippen LogP contribution is -2.46. The van der Waals surface area contributed by atoms with Crippen molar-refractivity contribution in [2.75, 3.05) is 20.3 Å². The van der Waals surface area contributed by atoms with Crippen LogP contribution in [0, 0.1) is 5.92 Å². The molecule has 1 saturated carbocycles. The van der Waals surface area contributed by atoms with Gasteiger partial charge in [-0.2, -0.15) is 0 Å². The quantitative estimate of drug-likeness (QED) is 0.848. The fourth-order valence-corrected chi connectivity index (χ4v) is 3.02. The Hall–Kier alpha value is -1.75. The molecule has 1 aromatic carbocycles. The van der Waals surface area contributed by atoms with E-state index < -0.39 is 0 Å². The summed E-state index contributed by atoms with van der Waals surface area (Å²) in [6.45, 7) is 2.86. The maximum atomic E-state index is 12.5. The minimum absolute atomic E-state index is 0.0528. The highest BCUT2D eigenvalue weighted by molar-refractivity contribution is 5.74. The molecular formula is C17H26N2O3. The molecule has 0 radical (unpaired) electrons. The second kappa shape index (κ2) is 8.03. The normalized spacial score (nSPS) is 20.7. The van der Waals surface area contributed by atoms with Gasteiger partial charge in [-0.05, 0) is 24.8 Å². The van der Waals surface area contributed by atoms with Gasteiger partial charge in [-0.3, -0.25) is 0 Å². The van der Waals surface area contributed by atoms with Crippen molar-refractivity contribution in [3.8, 4) is 5.75 Å². The van der Waals surface area contributed by atoms with E-state index in [9.17, 15) is 9.90 Å². The average Bonchev–Trinajstić information content (AvgIpc) is 2.92. The molecule has 2 unspecified atom stereocenters. The lowest BCUT2D eigenvalue weighted by molar-refractivity contribution is 0.168. The van der Waals surface area contributed by atoms with Crippen LogP contribution in [0.4, 0.5) is 4.79 Å². The van der Waals surface area contributed by atoms with Gasteiger partial charge in [-0.25, -0.2) is 4.79 Å². The van der Waals surface area contributed by atoms with E-state index >= 15 is 0 Å². The highest BCUT2D eigenvalue weighted by atomic mass is 16.5. The Kier molecular flexibility index (Phi) is 6.07. The predicted molar refractivity (Wildman–Crippen MR) is 85.8 cm³/mol. The van der Waals surface area contributed by atoms with E-state index in [1.165, 1.54) is 6.42 Å². The molecule has 0 aliphatic heterocycles. The number of carbonyl (C=O) groups excluding carboxylic acids is 1. The van der Waals surface area contributed by atoms with E-state index in [-0.39, 0.29) is 18.7 Å². The summed E-state index contributed by atoms with van der Waals surface area (Å²) in [5.41, 5.74) is 0.938. The number of methoxy groups -OCH3 is 1. The van der Waals surface area contributed by atoms with Crippen molar-refractivity contribution in [1.29, 1.82) is 0 Å². The van der Waals surface area contributed by atoms with Crippen LogP contribution >= 0.6 is 0 Å². The Morgan fingerprint density at radius 2 is 2.18 bits per heavy atom. The summed E-state index contributed by atoms with van der Waals surface area (Å²) in [6.07, 6.45) is 3.37. The number of rotatable bonds is 6. The highest BCUT2D eigenvalue weighted by Gasteiger charge is 2.26. The summed E-state index contributed by atoms with van der Waals surface area (Å²) in [5.74, 6) is 1.28. The number of aliphatic hydroxyl groups excluding tert-OH is 1. The second-order valence-corrected chi connectivity index (χ2v) is 5.92. The molecule has 1 aliphatic rings. The second-order valence-electron chi connectivity index (χ2n) is 5.92. The Labute approximate surface area is 132 Å². The molecule has 2 atom stereocenters. The van der Waals surface area contributed by atoms with Gasteiger partial charge in [0.25, 0.3) is 0 Å². The molecule has 5 nitrogen and oxygen atoms in total. The summed E-state index contributed by atoms with van der Waals surface area (Å²) in [6, 6.07) is 7.77. The number of urea groups is 1. The summed E-state index contributed by atoms with van der Waals surface area (Å²) >= 11 is 0.